The molecule has 3 heterocycles. The number of rotatable bonds is 3. The van der Waals surface area contributed by atoms with E-state index >= 15 is 0 Å². The molecular weight excluding hydrogens is 430 g/mol. The van der Waals surface area contributed by atoms with E-state index in [2.05, 4.69) is 13.8 Å². The molecule has 4 aliphatic carbocycles. The summed E-state index contributed by atoms with van der Waals surface area (Å²) in [6.45, 7) is 7.85. The minimum Gasteiger partial charge on any atom is -0.380 e. The zero-order valence-electron chi connectivity index (χ0n) is 21.6. The first-order valence-electron chi connectivity index (χ1n) is 14.2. The SMILES string of the molecule is CO[C@H]1C[C@H](O[C@H]2CC[C@@]3(C)[C@@H](CC[C@@H]4[C@@H]3CC[C@@]35CO[C@@]6(C)O[C@@]43CC[C@H]65)C2)O[C@@H](C)[C@@H]1N. The Bertz CT molecular complexity index is 840. The molecule has 4 saturated carbocycles. The first kappa shape index (κ1) is 22.9. The Kier molecular flexibility index (Phi) is 5.00. The van der Waals surface area contributed by atoms with E-state index in [9.17, 15) is 0 Å². The number of hydrogen-bond donors (Lipinski definition) is 1. The molecule has 0 aromatic rings. The molecule has 0 unspecified atom stereocenters. The molecule has 13 atom stereocenters. The first-order valence-corrected chi connectivity index (χ1v) is 14.2. The molecule has 3 saturated heterocycles. The average molecular weight is 476 g/mol. The van der Waals surface area contributed by atoms with E-state index in [1.807, 2.05) is 6.92 Å². The Morgan fingerprint density at radius 3 is 2.62 bits per heavy atom. The van der Waals surface area contributed by atoms with Crippen LogP contribution >= 0.6 is 0 Å². The van der Waals surface area contributed by atoms with Gasteiger partial charge in [0.05, 0.1) is 36.6 Å². The van der Waals surface area contributed by atoms with Crippen LogP contribution in [0, 0.1) is 34.5 Å². The van der Waals surface area contributed by atoms with Crippen molar-refractivity contribution >= 4 is 0 Å². The molecule has 34 heavy (non-hydrogen) atoms. The van der Waals surface area contributed by atoms with E-state index in [1.165, 1.54) is 51.4 Å². The van der Waals surface area contributed by atoms with Gasteiger partial charge in [0, 0.05) is 24.9 Å². The number of ether oxygens (including phenoxy) is 5. The lowest BCUT2D eigenvalue weighted by atomic mass is 9.43. The smallest absolute Gasteiger partial charge is 0.169 e. The Hall–Kier alpha value is -0.240. The molecule has 6 nitrogen and oxygen atoms in total. The quantitative estimate of drug-likeness (QED) is 0.611. The summed E-state index contributed by atoms with van der Waals surface area (Å²) in [5.74, 6) is 2.54. The highest BCUT2D eigenvalue weighted by molar-refractivity contribution is 5.26. The fourth-order valence-electron chi connectivity index (χ4n) is 10.8. The van der Waals surface area contributed by atoms with Crippen LogP contribution in [0.5, 0.6) is 0 Å². The Labute approximate surface area is 204 Å². The van der Waals surface area contributed by atoms with E-state index in [4.69, 9.17) is 29.4 Å². The van der Waals surface area contributed by atoms with E-state index in [1.54, 1.807) is 7.11 Å². The molecule has 0 aromatic carbocycles. The van der Waals surface area contributed by atoms with Crippen molar-refractivity contribution in [3.05, 3.63) is 0 Å². The van der Waals surface area contributed by atoms with Crippen molar-refractivity contribution < 1.29 is 23.7 Å². The third-order valence-corrected chi connectivity index (χ3v) is 12.5. The number of hydrogen-bond acceptors (Lipinski definition) is 6. The molecule has 192 valence electrons. The zero-order chi connectivity index (χ0) is 23.5. The van der Waals surface area contributed by atoms with Gasteiger partial charge in [0.1, 0.15) is 0 Å². The van der Waals surface area contributed by atoms with Crippen LogP contribution in [-0.4, -0.2) is 55.7 Å². The summed E-state index contributed by atoms with van der Waals surface area (Å²) in [5, 5.41) is 0. The molecule has 7 aliphatic rings. The van der Waals surface area contributed by atoms with Crippen molar-refractivity contribution in [1.29, 1.82) is 0 Å². The second-order valence-corrected chi connectivity index (χ2v) is 13.5. The van der Waals surface area contributed by atoms with Gasteiger partial charge >= 0.3 is 0 Å². The van der Waals surface area contributed by atoms with Gasteiger partial charge in [-0.25, -0.2) is 0 Å². The molecule has 7 rings (SSSR count). The number of nitrogens with two attached hydrogens (primary N) is 1. The minimum atomic E-state index is -0.309. The highest BCUT2D eigenvalue weighted by atomic mass is 16.7. The number of fused-ring (bicyclic) bond motifs is 3. The van der Waals surface area contributed by atoms with Crippen molar-refractivity contribution in [2.45, 2.75) is 127 Å². The Morgan fingerprint density at radius 2 is 1.79 bits per heavy atom. The summed E-state index contributed by atoms with van der Waals surface area (Å²) in [4.78, 5) is 0. The molecule has 0 amide bonds. The maximum atomic E-state index is 7.00. The van der Waals surface area contributed by atoms with Crippen LogP contribution in [0.25, 0.3) is 0 Å². The Morgan fingerprint density at radius 1 is 0.941 bits per heavy atom. The number of methoxy groups -OCH3 is 1. The van der Waals surface area contributed by atoms with Crippen LogP contribution in [0.1, 0.15) is 85.0 Å². The fourth-order valence-corrected chi connectivity index (χ4v) is 10.8. The van der Waals surface area contributed by atoms with E-state index in [-0.39, 0.29) is 42.0 Å². The second-order valence-electron chi connectivity index (χ2n) is 13.5. The topological polar surface area (TPSA) is 72.2 Å². The van der Waals surface area contributed by atoms with Crippen LogP contribution in [0.4, 0.5) is 0 Å². The van der Waals surface area contributed by atoms with Crippen LogP contribution in [-0.2, 0) is 23.7 Å². The van der Waals surface area contributed by atoms with Crippen LogP contribution < -0.4 is 5.73 Å². The maximum Gasteiger partial charge on any atom is 0.169 e. The fraction of sp³-hybridized carbons (Fsp3) is 1.00. The van der Waals surface area contributed by atoms with E-state index in [0.717, 1.165) is 31.3 Å². The molecular formula is C28H45NO5. The predicted octanol–water partition coefficient (Wildman–Crippen LogP) is 4.39. The molecule has 4 bridgehead atoms. The normalized spacial score (nSPS) is 62.2. The lowest BCUT2D eigenvalue weighted by molar-refractivity contribution is -0.333. The lowest BCUT2D eigenvalue weighted by Crippen LogP contribution is -2.64. The highest BCUT2D eigenvalue weighted by Crippen LogP contribution is 2.78. The van der Waals surface area contributed by atoms with Crippen molar-refractivity contribution in [2.24, 2.45) is 40.2 Å². The Balaban J connectivity index is 1.07. The van der Waals surface area contributed by atoms with Crippen molar-refractivity contribution in [2.75, 3.05) is 13.7 Å². The van der Waals surface area contributed by atoms with Gasteiger partial charge in [0.2, 0.25) is 0 Å². The van der Waals surface area contributed by atoms with Gasteiger partial charge < -0.3 is 29.4 Å². The van der Waals surface area contributed by atoms with Crippen LogP contribution in [0.2, 0.25) is 0 Å². The van der Waals surface area contributed by atoms with Gasteiger partial charge in [0.25, 0.3) is 0 Å². The summed E-state index contributed by atoms with van der Waals surface area (Å²) in [7, 11) is 1.75. The molecule has 0 aromatic heterocycles. The van der Waals surface area contributed by atoms with Gasteiger partial charge in [-0.05, 0) is 94.8 Å². The summed E-state index contributed by atoms with van der Waals surface area (Å²) >= 11 is 0. The summed E-state index contributed by atoms with van der Waals surface area (Å²) in [6.07, 6.45) is 12.2. The van der Waals surface area contributed by atoms with Crippen LogP contribution in [0.3, 0.4) is 0 Å². The van der Waals surface area contributed by atoms with Crippen LogP contribution in [0.15, 0.2) is 0 Å². The van der Waals surface area contributed by atoms with Gasteiger partial charge in [-0.3, -0.25) is 0 Å². The molecule has 2 N–H and O–H groups in total. The highest BCUT2D eigenvalue weighted by Gasteiger charge is 2.81. The van der Waals surface area contributed by atoms with Crippen molar-refractivity contribution in [1.82, 2.24) is 0 Å². The maximum absolute atomic E-state index is 7.00. The molecule has 0 radical (unpaired) electrons. The lowest BCUT2D eigenvalue weighted by Gasteiger charge is -2.64. The summed E-state index contributed by atoms with van der Waals surface area (Å²) < 4.78 is 31.6. The third kappa shape index (κ3) is 2.74. The van der Waals surface area contributed by atoms with Gasteiger partial charge in [-0.15, -0.1) is 0 Å². The van der Waals surface area contributed by atoms with Crippen molar-refractivity contribution in [3.8, 4) is 0 Å². The van der Waals surface area contributed by atoms with E-state index in [0.29, 0.717) is 22.7 Å². The molecule has 6 heteroatoms. The standard InChI is InChI=1S/C28H45NO5/c1-16-24(29)21(30-4)14-23(32-16)33-18-7-10-25(2)17(13-18)5-6-20-19(25)8-11-27-15-31-26(3)22(27)9-12-28(20,27)34-26/h16-24H,5-15,29H2,1-4H3/t16-,17-,18-,19-,20+,21-,22+,23-,24-,25-,26-,27-,28-/m0/s1. The van der Waals surface area contributed by atoms with Gasteiger partial charge in [0.15, 0.2) is 12.1 Å². The first-order chi connectivity index (χ1) is 16.2. The second kappa shape index (κ2) is 7.41. The predicted molar refractivity (Wildman–Crippen MR) is 127 cm³/mol. The third-order valence-electron chi connectivity index (χ3n) is 12.5. The van der Waals surface area contributed by atoms with Gasteiger partial charge in [-0.2, -0.15) is 0 Å². The zero-order valence-corrected chi connectivity index (χ0v) is 21.6. The molecule has 3 aliphatic heterocycles. The molecule has 1 spiro atoms. The van der Waals surface area contributed by atoms with Gasteiger partial charge in [-0.1, -0.05) is 6.92 Å². The van der Waals surface area contributed by atoms with E-state index < -0.39 is 0 Å². The summed E-state index contributed by atoms with van der Waals surface area (Å²) in [5.41, 5.74) is 7.07. The van der Waals surface area contributed by atoms with Crippen molar-refractivity contribution in [3.63, 3.8) is 0 Å². The molecule has 7 fully saturated rings. The average Bonchev–Trinajstić information content (AvgIpc) is 3.38. The monoisotopic (exact) mass is 475 g/mol. The summed E-state index contributed by atoms with van der Waals surface area (Å²) in [6, 6.07) is -0.0836. The largest absolute Gasteiger partial charge is 0.380 e. The minimum absolute atomic E-state index is 0.00896.